The lowest BCUT2D eigenvalue weighted by Gasteiger charge is -2.32. The lowest BCUT2D eigenvalue weighted by molar-refractivity contribution is -0.137. The predicted octanol–water partition coefficient (Wildman–Crippen LogP) is 5.81. The van der Waals surface area contributed by atoms with Crippen LogP contribution in [0.2, 0.25) is 0 Å². The van der Waals surface area contributed by atoms with E-state index < -0.39 is 11.7 Å². The Balaban J connectivity index is 0.00000160. The second-order valence-corrected chi connectivity index (χ2v) is 7.72. The van der Waals surface area contributed by atoms with Crippen LogP contribution < -0.4 is 10.6 Å². The maximum absolute atomic E-state index is 12.9. The summed E-state index contributed by atoms with van der Waals surface area (Å²) >= 11 is 0. The third-order valence-corrected chi connectivity index (χ3v) is 5.83. The largest absolute Gasteiger partial charge is 0.416 e. The van der Waals surface area contributed by atoms with Gasteiger partial charge in [-0.1, -0.05) is 24.3 Å². The fraction of sp³-hybridized carbons (Fsp3) is 0.455. The van der Waals surface area contributed by atoms with Crippen molar-refractivity contribution in [2.45, 2.75) is 31.4 Å². The van der Waals surface area contributed by atoms with Crippen molar-refractivity contribution in [3.8, 4) is 0 Å². The molecule has 0 aromatic heterocycles. The van der Waals surface area contributed by atoms with Crippen molar-refractivity contribution in [3.63, 3.8) is 0 Å². The Kier molecular flexibility index (Phi) is 8.71. The number of benzene rings is 2. The Hall–Kier alpha value is -1.63. The van der Waals surface area contributed by atoms with Crippen molar-refractivity contribution in [2.24, 2.45) is 0 Å². The number of halogens is 5. The molecule has 4 rings (SSSR count). The van der Waals surface area contributed by atoms with Gasteiger partial charge in [0, 0.05) is 19.6 Å². The number of hydrogen-bond acceptors (Lipinski definition) is 3. The average Bonchev–Trinajstić information content (AvgIpc) is 2.72. The van der Waals surface area contributed by atoms with Crippen LogP contribution >= 0.6 is 24.8 Å². The van der Waals surface area contributed by atoms with Crippen molar-refractivity contribution >= 4 is 36.2 Å². The van der Waals surface area contributed by atoms with Gasteiger partial charge in [0.25, 0.3) is 0 Å². The van der Waals surface area contributed by atoms with E-state index in [1.807, 2.05) is 6.07 Å². The zero-order chi connectivity index (χ0) is 19.6. The summed E-state index contributed by atoms with van der Waals surface area (Å²) in [5.41, 5.74) is 3.93. The summed E-state index contributed by atoms with van der Waals surface area (Å²) in [7, 11) is 0. The third-order valence-electron chi connectivity index (χ3n) is 5.83. The number of alkyl halides is 3. The Morgan fingerprint density at radius 1 is 0.900 bits per heavy atom. The summed E-state index contributed by atoms with van der Waals surface area (Å²) in [4.78, 5) is 2.43. The molecule has 0 saturated carbocycles. The Morgan fingerprint density at radius 3 is 2.30 bits per heavy atom. The molecule has 1 fully saturated rings. The van der Waals surface area contributed by atoms with Gasteiger partial charge in [0.1, 0.15) is 0 Å². The highest BCUT2D eigenvalue weighted by molar-refractivity contribution is 5.85. The summed E-state index contributed by atoms with van der Waals surface area (Å²) in [6, 6.07) is 12.4. The lowest BCUT2D eigenvalue weighted by atomic mass is 9.88. The van der Waals surface area contributed by atoms with Crippen molar-refractivity contribution < 1.29 is 13.2 Å². The molecule has 2 heterocycles. The smallest absolute Gasteiger partial charge is 0.382 e. The van der Waals surface area contributed by atoms with E-state index >= 15 is 0 Å². The highest BCUT2D eigenvalue weighted by Crippen LogP contribution is 2.34. The van der Waals surface area contributed by atoms with Gasteiger partial charge in [0.05, 0.1) is 16.9 Å². The van der Waals surface area contributed by atoms with Gasteiger partial charge in [0.15, 0.2) is 0 Å². The Labute approximate surface area is 188 Å². The molecule has 2 aliphatic heterocycles. The molecule has 2 aliphatic rings. The molecular formula is C22H28Cl2F3N3. The number of fused-ring (bicyclic) bond motifs is 1. The molecule has 166 valence electrons. The van der Waals surface area contributed by atoms with Crippen LogP contribution in [-0.2, 0) is 12.6 Å². The van der Waals surface area contributed by atoms with E-state index in [1.165, 1.54) is 23.4 Å². The minimum Gasteiger partial charge on any atom is -0.382 e. The molecule has 0 amide bonds. The van der Waals surface area contributed by atoms with Crippen molar-refractivity contribution in [2.75, 3.05) is 43.4 Å². The van der Waals surface area contributed by atoms with Gasteiger partial charge in [-0.25, -0.2) is 0 Å². The van der Waals surface area contributed by atoms with Gasteiger partial charge >= 0.3 is 6.18 Å². The molecule has 2 N–H and O–H groups in total. The molecule has 2 aromatic carbocycles. The molecular weight excluding hydrogens is 434 g/mol. The first-order valence-electron chi connectivity index (χ1n) is 9.99. The first kappa shape index (κ1) is 24.6. The lowest BCUT2D eigenvalue weighted by Crippen LogP contribution is -2.34. The van der Waals surface area contributed by atoms with E-state index in [2.05, 4.69) is 33.7 Å². The summed E-state index contributed by atoms with van der Waals surface area (Å²) in [6.07, 6.45) is -1.45. The Bertz CT molecular complexity index is 822. The van der Waals surface area contributed by atoms with E-state index in [0.29, 0.717) is 0 Å². The predicted molar refractivity (Wildman–Crippen MR) is 121 cm³/mol. The van der Waals surface area contributed by atoms with E-state index in [0.717, 1.165) is 69.3 Å². The normalized spacial score (nSPS) is 17.0. The van der Waals surface area contributed by atoms with Crippen LogP contribution in [0.3, 0.4) is 0 Å². The van der Waals surface area contributed by atoms with E-state index in [9.17, 15) is 13.2 Å². The molecule has 1 saturated heterocycles. The fourth-order valence-electron chi connectivity index (χ4n) is 4.19. The van der Waals surface area contributed by atoms with Crippen LogP contribution in [0, 0.1) is 0 Å². The fourth-order valence-corrected chi connectivity index (χ4v) is 4.19. The number of hydrogen-bond donors (Lipinski definition) is 2. The minimum atomic E-state index is -4.27. The molecule has 0 radical (unpaired) electrons. The minimum absolute atomic E-state index is 0. The zero-order valence-corrected chi connectivity index (χ0v) is 18.3. The van der Waals surface area contributed by atoms with Gasteiger partial charge in [-0.15, -0.1) is 24.8 Å². The maximum atomic E-state index is 12.9. The molecule has 0 atom stereocenters. The monoisotopic (exact) mass is 461 g/mol. The topological polar surface area (TPSA) is 27.3 Å². The van der Waals surface area contributed by atoms with Gasteiger partial charge < -0.3 is 15.5 Å². The Morgan fingerprint density at radius 2 is 1.60 bits per heavy atom. The molecule has 0 spiro atoms. The number of rotatable bonds is 4. The van der Waals surface area contributed by atoms with Crippen molar-refractivity contribution in [1.29, 1.82) is 0 Å². The van der Waals surface area contributed by atoms with E-state index in [4.69, 9.17) is 0 Å². The van der Waals surface area contributed by atoms with E-state index in [1.54, 1.807) is 0 Å². The van der Waals surface area contributed by atoms with Crippen LogP contribution in [0.4, 0.5) is 24.5 Å². The number of nitrogens with one attached hydrogen (secondary N) is 2. The number of piperidine rings is 1. The summed E-state index contributed by atoms with van der Waals surface area (Å²) < 4.78 is 38.8. The molecule has 8 heteroatoms. The summed E-state index contributed by atoms with van der Waals surface area (Å²) in [5, 5.41) is 6.81. The number of nitrogens with zero attached hydrogens (tertiary/aromatic N) is 1. The van der Waals surface area contributed by atoms with Crippen molar-refractivity contribution in [1.82, 2.24) is 4.90 Å². The molecule has 0 bridgehead atoms. The molecule has 3 nitrogen and oxygen atoms in total. The van der Waals surface area contributed by atoms with Crippen molar-refractivity contribution in [3.05, 3.63) is 59.2 Å². The second-order valence-electron chi connectivity index (χ2n) is 7.72. The zero-order valence-electron chi connectivity index (χ0n) is 16.7. The van der Waals surface area contributed by atoms with Gasteiger partial charge in [0.2, 0.25) is 0 Å². The van der Waals surface area contributed by atoms with Gasteiger partial charge in [-0.2, -0.15) is 13.2 Å². The summed E-state index contributed by atoms with van der Waals surface area (Å²) in [6.45, 7) is 4.76. The molecule has 2 aromatic rings. The third kappa shape index (κ3) is 5.96. The van der Waals surface area contributed by atoms with Crippen LogP contribution in [0.5, 0.6) is 0 Å². The van der Waals surface area contributed by atoms with Crippen LogP contribution in [-0.4, -0.2) is 37.6 Å². The molecule has 0 unspecified atom stereocenters. The van der Waals surface area contributed by atoms with Gasteiger partial charge in [-0.3, -0.25) is 0 Å². The molecule has 30 heavy (non-hydrogen) atoms. The van der Waals surface area contributed by atoms with Gasteiger partial charge in [-0.05, 0) is 67.6 Å². The van der Waals surface area contributed by atoms with Crippen LogP contribution in [0.15, 0.2) is 42.5 Å². The number of anilines is 2. The SMILES string of the molecule is Cl.Cl.FC(F)(F)c1cccc(C2CCN(CCc3ccc4c(c3)NCCN4)CC2)c1. The average molecular weight is 462 g/mol. The highest BCUT2D eigenvalue weighted by Gasteiger charge is 2.31. The second kappa shape index (κ2) is 10.6. The van der Waals surface area contributed by atoms with E-state index in [-0.39, 0.29) is 30.7 Å². The summed E-state index contributed by atoms with van der Waals surface area (Å²) in [5.74, 6) is 0.220. The quantitative estimate of drug-likeness (QED) is 0.601. The highest BCUT2D eigenvalue weighted by atomic mass is 35.5. The first-order valence-corrected chi connectivity index (χ1v) is 9.99. The van der Waals surface area contributed by atoms with Crippen LogP contribution in [0.1, 0.15) is 35.4 Å². The molecule has 0 aliphatic carbocycles. The van der Waals surface area contributed by atoms with Crippen LogP contribution in [0.25, 0.3) is 0 Å². The maximum Gasteiger partial charge on any atom is 0.416 e. The number of likely N-dealkylation sites (tertiary alicyclic amines) is 1. The first-order chi connectivity index (χ1) is 13.5. The standard InChI is InChI=1S/C22H26F3N3.2ClH/c23-22(24,25)19-3-1-2-18(15-19)17-7-12-28(13-8-17)11-6-16-4-5-20-21(14-16)27-10-9-26-20;;/h1-5,14-15,17,26-27H,6-13H2;2*1H.